The average molecular weight is 353 g/mol. The van der Waals surface area contributed by atoms with Crippen LogP contribution in [0.3, 0.4) is 0 Å². The average Bonchev–Trinajstić information content (AvgIpc) is 2.53. The summed E-state index contributed by atoms with van der Waals surface area (Å²) < 4.78 is 0. The van der Waals surface area contributed by atoms with Crippen molar-refractivity contribution in [3.63, 3.8) is 0 Å². The minimum Gasteiger partial charge on any atom is -0.480 e. The molecule has 0 unspecified atom stereocenters. The van der Waals surface area contributed by atoms with E-state index < -0.39 is 35.0 Å². The highest BCUT2D eigenvalue weighted by molar-refractivity contribution is 5.86. The summed E-state index contributed by atoms with van der Waals surface area (Å²) in [6.45, 7) is 3.64. The number of benzene rings is 1. The van der Waals surface area contributed by atoms with Crippen LogP contribution in [0.5, 0.6) is 0 Å². The molecular weight excluding hydrogens is 330 g/mol. The molecule has 0 saturated heterocycles. The van der Waals surface area contributed by atoms with Crippen LogP contribution in [0.2, 0.25) is 0 Å². The highest BCUT2D eigenvalue weighted by Crippen LogP contribution is 2.14. The zero-order valence-electron chi connectivity index (χ0n) is 14.1. The molecule has 5 N–H and O–H groups in total. The van der Waals surface area contributed by atoms with E-state index in [1.807, 2.05) is 13.8 Å². The van der Waals surface area contributed by atoms with Crippen molar-refractivity contribution in [1.82, 2.24) is 5.32 Å². The van der Waals surface area contributed by atoms with E-state index in [9.17, 15) is 24.8 Å². The normalized spacial score (nSPS) is 14.6. The lowest BCUT2D eigenvalue weighted by Gasteiger charge is -2.22. The van der Waals surface area contributed by atoms with Gasteiger partial charge in [-0.3, -0.25) is 14.9 Å². The van der Waals surface area contributed by atoms with Gasteiger partial charge in [0.2, 0.25) is 0 Å². The number of nitro benzene ring substituents is 1. The minimum absolute atomic E-state index is 0.0484. The maximum Gasteiger partial charge on any atom is 0.326 e. The summed E-state index contributed by atoms with van der Waals surface area (Å²) in [5, 5.41) is 32.0. The third-order valence-electron chi connectivity index (χ3n) is 3.61. The lowest BCUT2D eigenvalue weighted by molar-refractivity contribution is -0.384. The molecule has 0 saturated carbocycles. The Morgan fingerprint density at radius 1 is 1.28 bits per heavy atom. The van der Waals surface area contributed by atoms with E-state index in [0.717, 1.165) is 0 Å². The number of nitrogens with two attached hydrogens (primary N) is 1. The summed E-state index contributed by atoms with van der Waals surface area (Å²) in [6, 6.07) is 3.50. The number of amides is 1. The Morgan fingerprint density at radius 2 is 1.84 bits per heavy atom. The van der Waals surface area contributed by atoms with Crippen LogP contribution in [0, 0.1) is 16.0 Å². The van der Waals surface area contributed by atoms with Crippen LogP contribution in [0.15, 0.2) is 24.3 Å². The standard InChI is InChI=1S/C16H23N3O6/c1-9(2)7-13(16(22)23)18-15(21)14(20)12(17)8-10-3-5-11(6-4-10)19(24)25/h3-6,9,12-14,20H,7-8,17H2,1-2H3,(H,18,21)(H,22,23)/t12-,13+,14+/m1/s1. The van der Waals surface area contributed by atoms with E-state index in [1.165, 1.54) is 24.3 Å². The second-order valence-electron chi connectivity index (χ2n) is 6.27. The molecule has 0 aliphatic heterocycles. The molecule has 9 nitrogen and oxygen atoms in total. The summed E-state index contributed by atoms with van der Waals surface area (Å²) in [6.07, 6.45) is -1.26. The number of carbonyl (C=O) groups excluding carboxylic acids is 1. The number of non-ortho nitro benzene ring substituents is 1. The van der Waals surface area contributed by atoms with Gasteiger partial charge in [0.25, 0.3) is 11.6 Å². The van der Waals surface area contributed by atoms with Crippen molar-refractivity contribution in [2.75, 3.05) is 0 Å². The molecule has 25 heavy (non-hydrogen) atoms. The van der Waals surface area contributed by atoms with Crippen LogP contribution < -0.4 is 11.1 Å². The molecule has 0 bridgehead atoms. The first-order valence-electron chi connectivity index (χ1n) is 7.82. The lowest BCUT2D eigenvalue weighted by atomic mass is 10.00. The van der Waals surface area contributed by atoms with Crippen molar-refractivity contribution in [2.45, 2.75) is 44.9 Å². The zero-order chi connectivity index (χ0) is 19.1. The predicted octanol–water partition coefficient (Wildman–Crippen LogP) is 0.441. The monoisotopic (exact) mass is 353 g/mol. The number of carbonyl (C=O) groups is 2. The number of nitrogens with zero attached hydrogens (tertiary/aromatic N) is 1. The van der Waals surface area contributed by atoms with E-state index in [4.69, 9.17) is 10.8 Å². The van der Waals surface area contributed by atoms with Crippen molar-refractivity contribution in [2.24, 2.45) is 11.7 Å². The number of aliphatic carboxylic acids is 1. The molecule has 138 valence electrons. The fourth-order valence-corrected chi connectivity index (χ4v) is 2.28. The number of carboxylic acid groups (broad SMARTS) is 1. The molecule has 0 aliphatic rings. The third kappa shape index (κ3) is 6.48. The highest BCUT2D eigenvalue weighted by atomic mass is 16.6. The van der Waals surface area contributed by atoms with Crippen molar-refractivity contribution >= 4 is 17.6 Å². The van der Waals surface area contributed by atoms with Gasteiger partial charge in [-0.1, -0.05) is 26.0 Å². The molecule has 1 rings (SSSR count). The molecule has 0 radical (unpaired) electrons. The Bertz CT molecular complexity index is 617. The molecular formula is C16H23N3O6. The molecule has 0 heterocycles. The molecule has 0 fully saturated rings. The molecule has 3 atom stereocenters. The SMILES string of the molecule is CC(C)C[C@H](NC(=O)[C@@H](O)[C@H](N)Cc1ccc([N+](=O)[O-])cc1)C(=O)O. The van der Waals surface area contributed by atoms with Crippen LogP contribution in [-0.4, -0.2) is 45.2 Å². The van der Waals surface area contributed by atoms with Crippen LogP contribution >= 0.6 is 0 Å². The van der Waals surface area contributed by atoms with Gasteiger partial charge in [0.15, 0.2) is 0 Å². The summed E-state index contributed by atoms with van der Waals surface area (Å²) in [5.74, 6) is -1.99. The van der Waals surface area contributed by atoms with Gasteiger partial charge < -0.3 is 21.3 Å². The van der Waals surface area contributed by atoms with Crippen LogP contribution in [0.1, 0.15) is 25.8 Å². The van der Waals surface area contributed by atoms with Gasteiger partial charge in [0, 0.05) is 18.2 Å². The maximum atomic E-state index is 12.0. The Kier molecular flexibility index (Phi) is 7.46. The molecule has 1 aromatic rings. The Morgan fingerprint density at radius 3 is 2.28 bits per heavy atom. The predicted molar refractivity (Wildman–Crippen MR) is 89.8 cm³/mol. The number of rotatable bonds is 9. The lowest BCUT2D eigenvalue weighted by Crippen LogP contribution is -2.52. The van der Waals surface area contributed by atoms with Crippen molar-refractivity contribution in [3.8, 4) is 0 Å². The first-order chi connectivity index (χ1) is 11.6. The van der Waals surface area contributed by atoms with E-state index in [-0.39, 0.29) is 24.4 Å². The summed E-state index contributed by atoms with van der Waals surface area (Å²) >= 11 is 0. The van der Waals surface area contributed by atoms with Gasteiger partial charge >= 0.3 is 5.97 Å². The fraction of sp³-hybridized carbons (Fsp3) is 0.500. The van der Waals surface area contributed by atoms with Crippen molar-refractivity contribution < 1.29 is 24.7 Å². The van der Waals surface area contributed by atoms with Crippen molar-refractivity contribution in [3.05, 3.63) is 39.9 Å². The minimum atomic E-state index is -1.59. The number of aliphatic hydroxyl groups is 1. The smallest absolute Gasteiger partial charge is 0.326 e. The Hall–Kier alpha value is -2.52. The summed E-state index contributed by atoms with van der Waals surface area (Å²) in [7, 11) is 0. The van der Waals surface area contributed by atoms with Gasteiger partial charge in [0.05, 0.1) is 4.92 Å². The maximum absolute atomic E-state index is 12.0. The van der Waals surface area contributed by atoms with E-state index in [0.29, 0.717) is 5.56 Å². The quantitative estimate of drug-likeness (QED) is 0.371. The number of nitrogens with one attached hydrogen (secondary N) is 1. The number of hydrogen-bond donors (Lipinski definition) is 4. The third-order valence-corrected chi connectivity index (χ3v) is 3.61. The molecule has 1 amide bonds. The first kappa shape index (κ1) is 20.5. The number of carboxylic acids is 1. The summed E-state index contributed by atoms with van der Waals surface area (Å²) in [4.78, 5) is 33.2. The Balaban J connectivity index is 2.67. The Labute approximate surface area is 145 Å². The van der Waals surface area contributed by atoms with Crippen molar-refractivity contribution in [1.29, 1.82) is 0 Å². The van der Waals surface area contributed by atoms with Gasteiger partial charge in [-0.15, -0.1) is 0 Å². The molecule has 0 aliphatic carbocycles. The number of aliphatic hydroxyl groups excluding tert-OH is 1. The molecule has 0 spiro atoms. The first-order valence-corrected chi connectivity index (χ1v) is 7.82. The zero-order valence-corrected chi connectivity index (χ0v) is 14.1. The second-order valence-corrected chi connectivity index (χ2v) is 6.27. The number of nitro groups is 1. The van der Waals surface area contributed by atoms with Crippen LogP contribution in [0.25, 0.3) is 0 Å². The van der Waals surface area contributed by atoms with Gasteiger partial charge in [-0.2, -0.15) is 0 Å². The van der Waals surface area contributed by atoms with E-state index in [1.54, 1.807) is 0 Å². The van der Waals surface area contributed by atoms with Crippen LogP contribution in [0.4, 0.5) is 5.69 Å². The summed E-state index contributed by atoms with van der Waals surface area (Å²) in [5.41, 5.74) is 6.35. The second kappa shape index (κ2) is 9.09. The number of hydrogen-bond acceptors (Lipinski definition) is 6. The van der Waals surface area contributed by atoms with E-state index >= 15 is 0 Å². The topological polar surface area (TPSA) is 156 Å². The van der Waals surface area contributed by atoms with Gasteiger partial charge in [-0.25, -0.2) is 4.79 Å². The van der Waals surface area contributed by atoms with Gasteiger partial charge in [-0.05, 0) is 24.3 Å². The van der Waals surface area contributed by atoms with Gasteiger partial charge in [0.1, 0.15) is 12.1 Å². The molecule has 9 heteroatoms. The van der Waals surface area contributed by atoms with E-state index in [2.05, 4.69) is 5.32 Å². The largest absolute Gasteiger partial charge is 0.480 e. The highest BCUT2D eigenvalue weighted by Gasteiger charge is 2.28. The molecule has 1 aromatic carbocycles. The van der Waals surface area contributed by atoms with Crippen LogP contribution in [-0.2, 0) is 16.0 Å². The fourth-order valence-electron chi connectivity index (χ4n) is 2.28. The molecule has 0 aromatic heterocycles.